The molecule has 0 radical (unpaired) electrons. The van der Waals surface area contributed by atoms with Gasteiger partial charge in [-0.05, 0) is 62.0 Å². The molecule has 2 amide bonds. The summed E-state index contributed by atoms with van der Waals surface area (Å²) in [5, 5.41) is 8.81. The maximum absolute atomic E-state index is 15.3. The van der Waals surface area contributed by atoms with E-state index in [2.05, 4.69) is 0 Å². The topological polar surface area (TPSA) is 76.9 Å². The number of anilines is 2. The number of nitriles is 1. The van der Waals surface area contributed by atoms with Gasteiger partial charge >= 0.3 is 6.18 Å². The number of halogens is 4. The number of carbonyl (C=O) groups excluding carboxylic acids is 2. The van der Waals surface area contributed by atoms with Crippen molar-refractivity contribution in [1.29, 1.82) is 5.26 Å². The lowest BCUT2D eigenvalue weighted by Crippen LogP contribution is -2.44. The minimum atomic E-state index is -4.85. The van der Waals surface area contributed by atoms with E-state index in [9.17, 15) is 22.8 Å². The molecule has 7 nitrogen and oxygen atoms in total. The van der Waals surface area contributed by atoms with E-state index in [1.165, 1.54) is 55.0 Å². The Morgan fingerprint density at radius 1 is 1.19 bits per heavy atom. The van der Waals surface area contributed by atoms with Crippen molar-refractivity contribution in [2.24, 2.45) is 0 Å². The Hall–Kier alpha value is -3.56. The largest absolute Gasteiger partial charge is 0.417 e. The van der Waals surface area contributed by atoms with E-state index in [4.69, 9.17) is 22.2 Å². The molecule has 0 bridgehead atoms. The molecule has 0 atom stereocenters. The van der Waals surface area contributed by atoms with Crippen molar-refractivity contribution < 1.29 is 31.9 Å². The number of methoxy groups -OCH3 is 1. The van der Waals surface area contributed by atoms with Crippen LogP contribution < -0.4 is 9.80 Å². The summed E-state index contributed by atoms with van der Waals surface area (Å²) in [5.41, 5.74) is -2.98. The van der Waals surface area contributed by atoms with Crippen LogP contribution in [0, 0.1) is 17.1 Å². The molecule has 2 aliphatic heterocycles. The van der Waals surface area contributed by atoms with Crippen molar-refractivity contribution in [1.82, 2.24) is 4.90 Å². The van der Waals surface area contributed by atoms with Crippen LogP contribution in [0.2, 0.25) is 0 Å². The van der Waals surface area contributed by atoms with Crippen LogP contribution in [0.1, 0.15) is 40.9 Å². The van der Waals surface area contributed by atoms with Gasteiger partial charge in [-0.15, -0.1) is 0 Å². The number of fused-ring (bicyclic) bond motifs is 1. The summed E-state index contributed by atoms with van der Waals surface area (Å²) in [5.74, 6) is -1.77. The zero-order valence-electron chi connectivity index (χ0n) is 19.4. The van der Waals surface area contributed by atoms with Crippen LogP contribution in [0.4, 0.5) is 28.9 Å². The van der Waals surface area contributed by atoms with Crippen molar-refractivity contribution in [2.75, 3.05) is 30.1 Å². The number of thiocarbonyl (C=S) groups is 1. The minimum absolute atomic E-state index is 0.147. The highest BCUT2D eigenvalue weighted by Crippen LogP contribution is 2.41. The fraction of sp³-hybridized carbons (Fsp3) is 0.333. The Kier molecular flexibility index (Phi) is 6.26. The number of hydrogen-bond donors (Lipinski definition) is 0. The highest BCUT2D eigenvalue weighted by Gasteiger charge is 2.51. The summed E-state index contributed by atoms with van der Waals surface area (Å²) in [4.78, 5) is 29.8. The van der Waals surface area contributed by atoms with Crippen LogP contribution in [0.3, 0.4) is 0 Å². The van der Waals surface area contributed by atoms with Gasteiger partial charge in [0.25, 0.3) is 11.8 Å². The monoisotopic (exact) mass is 520 g/mol. The number of alkyl halides is 3. The molecule has 0 unspecified atom stereocenters. The zero-order chi connectivity index (χ0) is 26.6. The molecule has 0 aliphatic carbocycles. The third-order valence-corrected chi connectivity index (χ3v) is 6.58. The summed E-state index contributed by atoms with van der Waals surface area (Å²) in [7, 11) is 1.50. The molecule has 2 aliphatic rings. The van der Waals surface area contributed by atoms with Gasteiger partial charge in [0.15, 0.2) is 5.11 Å². The van der Waals surface area contributed by atoms with E-state index < -0.39 is 34.6 Å². The van der Waals surface area contributed by atoms with Gasteiger partial charge in [0.2, 0.25) is 0 Å². The van der Waals surface area contributed by atoms with Crippen LogP contribution in [0.15, 0.2) is 30.3 Å². The van der Waals surface area contributed by atoms with Crippen LogP contribution in [0.5, 0.6) is 0 Å². The number of benzene rings is 2. The molecule has 4 rings (SSSR count). The van der Waals surface area contributed by atoms with Crippen molar-refractivity contribution in [3.8, 4) is 6.07 Å². The van der Waals surface area contributed by atoms with E-state index in [1.807, 2.05) is 0 Å². The van der Waals surface area contributed by atoms with E-state index >= 15 is 4.39 Å². The van der Waals surface area contributed by atoms with Crippen LogP contribution in [-0.2, 0) is 22.3 Å². The number of carbonyl (C=O) groups is 2. The molecule has 0 aromatic heterocycles. The lowest BCUT2D eigenvalue weighted by molar-refractivity contribution is -0.137. The van der Waals surface area contributed by atoms with Crippen molar-refractivity contribution in [2.45, 2.75) is 32.1 Å². The van der Waals surface area contributed by atoms with Gasteiger partial charge in [0, 0.05) is 25.8 Å². The molecule has 0 saturated carbocycles. The standard InChI is InChI=1S/C24H20F4N4O3S/c1-23(2)21(34)31(15-5-4-13(11-29)17(9-15)24(26,27)28)22(36)32(23)19-10-16-14(8-18(19)25)12-30(20(16)33)6-7-35-3/h4-5,8-10H,6-7,12H2,1-3H3. The Bertz CT molecular complexity index is 1340. The van der Waals surface area contributed by atoms with E-state index in [0.29, 0.717) is 24.8 Å². The lowest BCUT2D eigenvalue weighted by Gasteiger charge is -2.30. The van der Waals surface area contributed by atoms with E-state index in [1.54, 1.807) is 0 Å². The molecule has 0 spiro atoms. The maximum Gasteiger partial charge on any atom is 0.417 e. The molecule has 12 heteroatoms. The SMILES string of the molecule is COCCN1Cc2cc(F)c(N3C(=S)N(c4ccc(C#N)c(C(F)(F)F)c4)C(=O)C3(C)C)cc2C1=O. The smallest absolute Gasteiger partial charge is 0.383 e. The molecule has 2 heterocycles. The average Bonchev–Trinajstić information content (AvgIpc) is 3.20. The van der Waals surface area contributed by atoms with E-state index in [0.717, 1.165) is 11.0 Å². The van der Waals surface area contributed by atoms with Crippen LogP contribution in [-0.4, -0.2) is 47.6 Å². The number of hydrogen-bond acceptors (Lipinski definition) is 5. The van der Waals surface area contributed by atoms with Gasteiger partial charge in [-0.3, -0.25) is 14.5 Å². The first-order chi connectivity index (χ1) is 16.8. The summed E-state index contributed by atoms with van der Waals surface area (Å²) in [6, 6.07) is 6.79. The first-order valence-electron chi connectivity index (χ1n) is 10.7. The number of nitrogens with zero attached hydrogens (tertiary/aromatic N) is 4. The highest BCUT2D eigenvalue weighted by atomic mass is 32.1. The second-order valence-electron chi connectivity index (χ2n) is 8.84. The predicted octanol–water partition coefficient (Wildman–Crippen LogP) is 4.24. The molecular weight excluding hydrogens is 500 g/mol. The van der Waals surface area contributed by atoms with Crippen molar-refractivity contribution in [3.05, 3.63) is 58.4 Å². The molecular formula is C24H20F4N4O3S. The summed E-state index contributed by atoms with van der Waals surface area (Å²) < 4.78 is 60.9. The van der Waals surface area contributed by atoms with Gasteiger partial charge < -0.3 is 14.5 Å². The van der Waals surface area contributed by atoms with Crippen LogP contribution in [0.25, 0.3) is 0 Å². The molecule has 2 aromatic rings. The summed E-state index contributed by atoms with van der Waals surface area (Å²) in [6.07, 6.45) is -4.85. The Morgan fingerprint density at radius 2 is 1.89 bits per heavy atom. The third kappa shape index (κ3) is 3.98. The Labute approximate surface area is 209 Å². The summed E-state index contributed by atoms with van der Waals surface area (Å²) in [6.45, 7) is 3.71. The predicted molar refractivity (Wildman–Crippen MR) is 126 cm³/mol. The molecule has 0 N–H and O–H groups in total. The fourth-order valence-corrected chi connectivity index (χ4v) is 4.88. The Balaban J connectivity index is 1.77. The second-order valence-corrected chi connectivity index (χ2v) is 9.20. The minimum Gasteiger partial charge on any atom is -0.383 e. The van der Waals surface area contributed by atoms with E-state index in [-0.39, 0.29) is 34.5 Å². The highest BCUT2D eigenvalue weighted by molar-refractivity contribution is 7.81. The lowest BCUT2D eigenvalue weighted by atomic mass is 10.0. The first kappa shape index (κ1) is 25.5. The van der Waals surface area contributed by atoms with Gasteiger partial charge in [0.1, 0.15) is 11.4 Å². The number of rotatable bonds is 5. The second kappa shape index (κ2) is 8.83. The third-order valence-electron chi connectivity index (χ3n) is 6.21. The van der Waals surface area contributed by atoms with Crippen molar-refractivity contribution in [3.63, 3.8) is 0 Å². The normalized spacial score (nSPS) is 17.2. The molecule has 36 heavy (non-hydrogen) atoms. The average molecular weight is 521 g/mol. The number of amides is 2. The van der Waals surface area contributed by atoms with Crippen molar-refractivity contribution >= 4 is 40.5 Å². The molecule has 188 valence electrons. The zero-order valence-corrected chi connectivity index (χ0v) is 20.3. The summed E-state index contributed by atoms with van der Waals surface area (Å²) >= 11 is 5.45. The van der Waals surface area contributed by atoms with Gasteiger partial charge in [-0.1, -0.05) is 0 Å². The number of ether oxygens (including phenoxy) is 1. The molecule has 1 fully saturated rings. The fourth-order valence-electron chi connectivity index (χ4n) is 4.36. The quantitative estimate of drug-likeness (QED) is 0.434. The van der Waals surface area contributed by atoms with Crippen LogP contribution >= 0.6 is 12.2 Å². The van der Waals surface area contributed by atoms with Gasteiger partial charge in [-0.2, -0.15) is 18.4 Å². The molecule has 2 aromatic carbocycles. The molecule has 1 saturated heterocycles. The van der Waals surface area contributed by atoms with Gasteiger partial charge in [0.05, 0.1) is 35.2 Å². The first-order valence-corrected chi connectivity index (χ1v) is 11.1. The van der Waals surface area contributed by atoms with Gasteiger partial charge in [-0.25, -0.2) is 4.39 Å². The Morgan fingerprint density at radius 3 is 2.50 bits per heavy atom. The maximum atomic E-state index is 15.3.